The summed E-state index contributed by atoms with van der Waals surface area (Å²) in [6, 6.07) is 15.8. The van der Waals surface area contributed by atoms with E-state index in [1.165, 1.54) is 4.31 Å². The molecule has 0 saturated carbocycles. The van der Waals surface area contributed by atoms with Gasteiger partial charge in [-0.1, -0.05) is 18.2 Å². The fourth-order valence-electron chi connectivity index (χ4n) is 3.62. The summed E-state index contributed by atoms with van der Waals surface area (Å²) in [4.78, 5) is 17.0. The summed E-state index contributed by atoms with van der Waals surface area (Å²) in [5.41, 5.74) is 1.57. The Morgan fingerprint density at radius 3 is 2.10 bits per heavy atom. The number of benzene rings is 2. The summed E-state index contributed by atoms with van der Waals surface area (Å²) in [6.07, 6.45) is 1.13. The predicted octanol–water partition coefficient (Wildman–Crippen LogP) is 2.20. The van der Waals surface area contributed by atoms with E-state index in [2.05, 4.69) is 4.90 Å². The fraction of sp³-hybridized carbons (Fsp3) is 0.381. The molecule has 0 unspecified atom stereocenters. The highest BCUT2D eigenvalue weighted by molar-refractivity contribution is 7.92. The number of carbonyl (C=O) groups excluding carboxylic acids is 1. The zero-order valence-electron chi connectivity index (χ0n) is 17.0. The van der Waals surface area contributed by atoms with Gasteiger partial charge in [0.2, 0.25) is 15.9 Å². The Kier molecular flexibility index (Phi) is 6.32. The molecule has 2 aromatic carbocycles. The van der Waals surface area contributed by atoms with E-state index >= 15 is 0 Å². The lowest BCUT2D eigenvalue weighted by molar-refractivity contribution is -0.132. The van der Waals surface area contributed by atoms with Gasteiger partial charge in [0.15, 0.2) is 0 Å². The molecule has 0 N–H and O–H groups in total. The van der Waals surface area contributed by atoms with Crippen LogP contribution in [0, 0.1) is 0 Å². The number of nitrogens with zero attached hydrogens (tertiary/aromatic N) is 3. The number of para-hydroxylation sites is 1. The lowest BCUT2D eigenvalue weighted by Crippen LogP contribution is -2.55. The van der Waals surface area contributed by atoms with Crippen molar-refractivity contribution < 1.29 is 17.9 Å². The van der Waals surface area contributed by atoms with Crippen LogP contribution in [0.5, 0.6) is 5.75 Å². The van der Waals surface area contributed by atoms with E-state index in [-0.39, 0.29) is 5.91 Å². The van der Waals surface area contributed by atoms with Gasteiger partial charge >= 0.3 is 0 Å². The van der Waals surface area contributed by atoms with E-state index in [0.29, 0.717) is 31.9 Å². The monoisotopic (exact) mass is 417 g/mol. The Morgan fingerprint density at radius 1 is 1.00 bits per heavy atom. The van der Waals surface area contributed by atoms with Gasteiger partial charge in [0.05, 0.1) is 19.1 Å². The summed E-state index contributed by atoms with van der Waals surface area (Å²) in [5, 5.41) is 0. The molecule has 0 spiro atoms. The summed E-state index contributed by atoms with van der Waals surface area (Å²) < 4.78 is 31.2. The third kappa shape index (κ3) is 4.82. The number of methoxy groups -OCH3 is 1. The maximum atomic E-state index is 13.1. The molecule has 8 heteroatoms. The molecular weight excluding hydrogens is 390 g/mol. The third-order valence-electron chi connectivity index (χ3n) is 5.11. The molecule has 2 aromatic rings. The first-order chi connectivity index (χ1) is 13.8. The summed E-state index contributed by atoms with van der Waals surface area (Å²) >= 11 is 0. The number of rotatable bonds is 6. The van der Waals surface area contributed by atoms with Crippen molar-refractivity contribution in [3.8, 4) is 5.75 Å². The zero-order chi connectivity index (χ0) is 21.0. The molecule has 0 aromatic heterocycles. The molecule has 7 nitrogen and oxygen atoms in total. The molecule has 0 aliphatic carbocycles. The first-order valence-corrected chi connectivity index (χ1v) is 11.4. The molecule has 1 atom stereocenters. The van der Waals surface area contributed by atoms with Crippen molar-refractivity contribution in [2.75, 3.05) is 48.7 Å². The standard InChI is InChI=1S/C21H27N3O4S/c1-17(24(29(3,26)27)19-7-5-4-6-8-19)21(25)23-15-13-22(14-16-23)18-9-11-20(28-2)12-10-18/h4-12,17H,13-16H2,1-3H3/t17-/m1/s1. The van der Waals surface area contributed by atoms with Gasteiger partial charge < -0.3 is 14.5 Å². The minimum absolute atomic E-state index is 0.186. The number of hydrogen-bond acceptors (Lipinski definition) is 5. The van der Waals surface area contributed by atoms with Crippen LogP contribution in [0.3, 0.4) is 0 Å². The number of amides is 1. The largest absolute Gasteiger partial charge is 0.497 e. The molecule has 0 bridgehead atoms. The van der Waals surface area contributed by atoms with E-state index in [1.807, 2.05) is 30.3 Å². The SMILES string of the molecule is COc1ccc(N2CCN(C(=O)[C@@H](C)N(c3ccccc3)S(C)(=O)=O)CC2)cc1. The lowest BCUT2D eigenvalue weighted by Gasteiger charge is -2.39. The van der Waals surface area contributed by atoms with Crippen molar-refractivity contribution >= 4 is 27.3 Å². The topological polar surface area (TPSA) is 70.2 Å². The van der Waals surface area contributed by atoms with Gasteiger partial charge in [0, 0.05) is 31.9 Å². The van der Waals surface area contributed by atoms with Crippen LogP contribution in [-0.4, -0.2) is 64.8 Å². The Balaban J connectivity index is 1.68. The van der Waals surface area contributed by atoms with Crippen LogP contribution in [-0.2, 0) is 14.8 Å². The highest BCUT2D eigenvalue weighted by Gasteiger charge is 2.33. The average molecular weight is 418 g/mol. The maximum Gasteiger partial charge on any atom is 0.246 e. The number of carbonyl (C=O) groups is 1. The second kappa shape index (κ2) is 8.73. The van der Waals surface area contributed by atoms with E-state index in [1.54, 1.807) is 43.2 Å². The molecule has 1 heterocycles. The van der Waals surface area contributed by atoms with Gasteiger partial charge in [-0.25, -0.2) is 8.42 Å². The van der Waals surface area contributed by atoms with E-state index in [9.17, 15) is 13.2 Å². The second-order valence-electron chi connectivity index (χ2n) is 7.08. The molecule has 1 fully saturated rings. The number of anilines is 2. The molecule has 1 aliphatic rings. The minimum atomic E-state index is -3.60. The number of hydrogen-bond donors (Lipinski definition) is 0. The normalized spacial score (nSPS) is 15.7. The fourth-order valence-corrected chi connectivity index (χ4v) is 4.79. The maximum absolute atomic E-state index is 13.1. The molecule has 1 amide bonds. The lowest BCUT2D eigenvalue weighted by atomic mass is 10.2. The van der Waals surface area contributed by atoms with Crippen molar-refractivity contribution in [1.29, 1.82) is 0 Å². The smallest absolute Gasteiger partial charge is 0.246 e. The zero-order valence-corrected chi connectivity index (χ0v) is 17.8. The van der Waals surface area contributed by atoms with Crippen molar-refractivity contribution in [1.82, 2.24) is 4.90 Å². The number of piperazine rings is 1. The van der Waals surface area contributed by atoms with Crippen molar-refractivity contribution in [3.63, 3.8) is 0 Å². The molecule has 3 rings (SSSR count). The highest BCUT2D eigenvalue weighted by Crippen LogP contribution is 2.23. The van der Waals surface area contributed by atoms with Gasteiger partial charge in [-0.2, -0.15) is 0 Å². The van der Waals surface area contributed by atoms with E-state index in [4.69, 9.17) is 4.74 Å². The predicted molar refractivity (Wildman–Crippen MR) is 115 cm³/mol. The molecule has 29 heavy (non-hydrogen) atoms. The van der Waals surface area contributed by atoms with Gasteiger partial charge in [-0.05, 0) is 43.3 Å². The first kappa shape index (κ1) is 21.0. The number of ether oxygens (including phenoxy) is 1. The molecule has 0 radical (unpaired) electrons. The highest BCUT2D eigenvalue weighted by atomic mass is 32.2. The van der Waals surface area contributed by atoms with Gasteiger partial charge in [-0.3, -0.25) is 9.10 Å². The van der Waals surface area contributed by atoms with Crippen LogP contribution in [0.25, 0.3) is 0 Å². The van der Waals surface area contributed by atoms with Gasteiger partial charge in [-0.15, -0.1) is 0 Å². The Morgan fingerprint density at radius 2 is 1.59 bits per heavy atom. The van der Waals surface area contributed by atoms with Crippen molar-refractivity contribution in [3.05, 3.63) is 54.6 Å². The van der Waals surface area contributed by atoms with Crippen LogP contribution >= 0.6 is 0 Å². The minimum Gasteiger partial charge on any atom is -0.497 e. The van der Waals surface area contributed by atoms with E-state index in [0.717, 1.165) is 17.7 Å². The van der Waals surface area contributed by atoms with Crippen molar-refractivity contribution in [2.24, 2.45) is 0 Å². The Hall–Kier alpha value is -2.74. The quantitative estimate of drug-likeness (QED) is 0.721. The first-order valence-electron chi connectivity index (χ1n) is 9.53. The molecule has 156 valence electrons. The van der Waals surface area contributed by atoms with Gasteiger partial charge in [0.25, 0.3) is 0 Å². The van der Waals surface area contributed by atoms with Gasteiger partial charge in [0.1, 0.15) is 11.8 Å². The molecule has 1 aliphatic heterocycles. The molecular formula is C21H27N3O4S. The Bertz CT molecular complexity index is 924. The second-order valence-corrected chi connectivity index (χ2v) is 8.94. The number of sulfonamides is 1. The Labute approximate surface area is 172 Å². The summed E-state index contributed by atoms with van der Waals surface area (Å²) in [6.45, 7) is 4.11. The van der Waals surface area contributed by atoms with Crippen LogP contribution < -0.4 is 13.9 Å². The van der Waals surface area contributed by atoms with Crippen molar-refractivity contribution in [2.45, 2.75) is 13.0 Å². The average Bonchev–Trinajstić information content (AvgIpc) is 2.73. The van der Waals surface area contributed by atoms with E-state index < -0.39 is 16.1 Å². The van der Waals surface area contributed by atoms with Crippen LogP contribution in [0.2, 0.25) is 0 Å². The van der Waals surface area contributed by atoms with Crippen LogP contribution in [0.4, 0.5) is 11.4 Å². The van der Waals surface area contributed by atoms with Crippen LogP contribution in [0.1, 0.15) is 6.92 Å². The molecule has 1 saturated heterocycles. The van der Waals surface area contributed by atoms with Crippen LogP contribution in [0.15, 0.2) is 54.6 Å². The third-order valence-corrected chi connectivity index (χ3v) is 6.35. The summed E-state index contributed by atoms with van der Waals surface area (Å²) in [7, 11) is -1.96. The summed E-state index contributed by atoms with van der Waals surface area (Å²) in [5.74, 6) is 0.617.